The number of aryl methyl sites for hydroxylation is 1. The quantitative estimate of drug-likeness (QED) is 0.755. The first-order valence-corrected chi connectivity index (χ1v) is 5.74. The number of benzene rings is 1. The summed E-state index contributed by atoms with van der Waals surface area (Å²) in [6, 6.07) is 5.29. The van der Waals surface area contributed by atoms with E-state index in [1.165, 1.54) is 12.0 Å². The van der Waals surface area contributed by atoms with Gasteiger partial charge in [-0.3, -0.25) is 4.79 Å². The number of hydrogen-bond acceptors (Lipinski definition) is 4. The molecule has 0 saturated heterocycles. The molecule has 18 heavy (non-hydrogen) atoms. The zero-order valence-electron chi connectivity index (χ0n) is 11.0. The minimum Gasteiger partial charge on any atom is -0.398 e. The molecule has 0 aromatic heterocycles. The van der Waals surface area contributed by atoms with Gasteiger partial charge in [0, 0.05) is 26.4 Å². The van der Waals surface area contributed by atoms with Crippen LogP contribution < -0.4 is 5.73 Å². The summed E-state index contributed by atoms with van der Waals surface area (Å²) >= 11 is 0. The Bertz CT molecular complexity index is 421. The van der Waals surface area contributed by atoms with Gasteiger partial charge in [-0.25, -0.2) is 0 Å². The van der Waals surface area contributed by atoms with Crippen LogP contribution in [0.3, 0.4) is 0 Å². The van der Waals surface area contributed by atoms with Crippen LogP contribution >= 0.6 is 0 Å². The number of hydrogen-bond donors (Lipinski definition) is 2. The molecule has 0 bridgehead atoms. The van der Waals surface area contributed by atoms with Crippen molar-refractivity contribution in [1.29, 1.82) is 0 Å². The van der Waals surface area contributed by atoms with E-state index in [-0.39, 0.29) is 19.1 Å². The summed E-state index contributed by atoms with van der Waals surface area (Å²) in [7, 11) is 3.13. The van der Waals surface area contributed by atoms with Crippen LogP contribution in [0.2, 0.25) is 0 Å². The van der Waals surface area contributed by atoms with E-state index >= 15 is 0 Å². The molecule has 3 N–H and O–H groups in total. The number of anilines is 1. The zero-order chi connectivity index (χ0) is 13.7. The molecule has 0 heterocycles. The van der Waals surface area contributed by atoms with Crippen molar-refractivity contribution in [3.05, 3.63) is 29.3 Å². The van der Waals surface area contributed by atoms with Crippen molar-refractivity contribution in [2.24, 2.45) is 0 Å². The molecule has 5 heteroatoms. The molecular formula is C13H20N2O3. The van der Waals surface area contributed by atoms with E-state index in [0.29, 0.717) is 11.3 Å². The molecule has 0 aliphatic rings. The van der Waals surface area contributed by atoms with Gasteiger partial charge in [-0.05, 0) is 24.6 Å². The largest absolute Gasteiger partial charge is 0.398 e. The highest BCUT2D eigenvalue weighted by molar-refractivity contribution is 5.99. The lowest BCUT2D eigenvalue weighted by atomic mass is 10.1. The number of nitrogen functional groups attached to an aromatic ring is 1. The topological polar surface area (TPSA) is 75.8 Å². The molecule has 1 atom stereocenters. The van der Waals surface area contributed by atoms with E-state index < -0.39 is 6.10 Å². The first-order valence-electron chi connectivity index (χ1n) is 5.74. The van der Waals surface area contributed by atoms with E-state index in [1.807, 2.05) is 13.0 Å². The van der Waals surface area contributed by atoms with Crippen LogP contribution in [-0.2, 0) is 4.74 Å². The second-order valence-electron chi connectivity index (χ2n) is 4.39. The molecule has 0 aliphatic heterocycles. The normalized spacial score (nSPS) is 12.2. The van der Waals surface area contributed by atoms with Crippen LogP contribution in [-0.4, -0.2) is 49.3 Å². The Balaban J connectivity index is 2.74. The van der Waals surface area contributed by atoms with E-state index in [0.717, 1.165) is 5.56 Å². The van der Waals surface area contributed by atoms with Crippen LogP contribution in [0, 0.1) is 6.92 Å². The van der Waals surface area contributed by atoms with Crippen molar-refractivity contribution in [1.82, 2.24) is 4.90 Å². The highest BCUT2D eigenvalue weighted by Crippen LogP contribution is 2.15. The van der Waals surface area contributed by atoms with Crippen molar-refractivity contribution in [2.45, 2.75) is 13.0 Å². The van der Waals surface area contributed by atoms with E-state index in [4.69, 9.17) is 10.5 Å². The summed E-state index contributed by atoms with van der Waals surface area (Å²) < 4.78 is 4.82. The third-order valence-electron chi connectivity index (χ3n) is 2.63. The maximum Gasteiger partial charge on any atom is 0.255 e. The Morgan fingerprint density at radius 1 is 1.56 bits per heavy atom. The lowest BCUT2D eigenvalue weighted by Gasteiger charge is -2.21. The Kier molecular flexibility index (Phi) is 5.12. The number of likely N-dealkylation sites (N-methyl/N-ethyl adjacent to an activating group) is 1. The lowest BCUT2D eigenvalue weighted by Crippen LogP contribution is -2.36. The molecule has 0 aliphatic carbocycles. The molecule has 1 aromatic carbocycles. The number of aliphatic hydroxyl groups excluding tert-OH is 1. The predicted octanol–water partition coefficient (Wildman–Crippen LogP) is 0.657. The maximum absolute atomic E-state index is 12.1. The second-order valence-corrected chi connectivity index (χ2v) is 4.39. The van der Waals surface area contributed by atoms with E-state index in [2.05, 4.69) is 0 Å². The fourth-order valence-electron chi connectivity index (χ4n) is 1.73. The Morgan fingerprint density at radius 2 is 2.22 bits per heavy atom. The fraction of sp³-hybridized carbons (Fsp3) is 0.462. The van der Waals surface area contributed by atoms with Crippen LogP contribution in [0.1, 0.15) is 15.9 Å². The number of amides is 1. The first kappa shape index (κ1) is 14.5. The zero-order valence-corrected chi connectivity index (χ0v) is 11.0. The van der Waals surface area contributed by atoms with Gasteiger partial charge in [-0.1, -0.05) is 6.07 Å². The number of nitrogens with zero attached hydrogens (tertiary/aromatic N) is 1. The van der Waals surface area contributed by atoms with Gasteiger partial charge in [0.05, 0.1) is 18.3 Å². The van der Waals surface area contributed by atoms with Gasteiger partial charge < -0.3 is 20.5 Å². The number of nitrogens with two attached hydrogens (primary N) is 1. The average molecular weight is 252 g/mol. The molecule has 1 aromatic rings. The van der Waals surface area contributed by atoms with Gasteiger partial charge >= 0.3 is 0 Å². The highest BCUT2D eigenvalue weighted by Gasteiger charge is 2.17. The van der Waals surface area contributed by atoms with Crippen molar-refractivity contribution >= 4 is 11.6 Å². The predicted molar refractivity (Wildman–Crippen MR) is 70.4 cm³/mol. The number of carbonyl (C=O) groups is 1. The minimum atomic E-state index is -0.698. The Hall–Kier alpha value is -1.59. The standard InChI is InChI=1S/C13H20N2O3/c1-9-4-5-11(12(14)6-9)13(17)15(2)7-10(16)8-18-3/h4-6,10,16H,7-8,14H2,1-3H3. The van der Waals surface area contributed by atoms with E-state index in [9.17, 15) is 9.90 Å². The molecule has 1 unspecified atom stereocenters. The van der Waals surface area contributed by atoms with Gasteiger partial charge in [0.2, 0.25) is 0 Å². The third kappa shape index (κ3) is 3.72. The summed E-state index contributed by atoms with van der Waals surface area (Å²) in [4.78, 5) is 13.5. The molecular weight excluding hydrogens is 232 g/mol. The molecule has 0 spiro atoms. The summed E-state index contributed by atoms with van der Waals surface area (Å²) in [5.41, 5.74) is 7.72. The number of rotatable bonds is 5. The number of aliphatic hydroxyl groups is 1. The van der Waals surface area contributed by atoms with Gasteiger partial charge in [0.15, 0.2) is 0 Å². The summed E-state index contributed by atoms with van der Waals surface area (Å²) in [6.45, 7) is 2.32. The van der Waals surface area contributed by atoms with Crippen LogP contribution in [0.25, 0.3) is 0 Å². The van der Waals surface area contributed by atoms with Crippen molar-refractivity contribution in [2.75, 3.05) is 33.0 Å². The van der Waals surface area contributed by atoms with Gasteiger partial charge in [-0.2, -0.15) is 0 Å². The number of methoxy groups -OCH3 is 1. The maximum atomic E-state index is 12.1. The molecule has 0 saturated carbocycles. The Labute approximate surface area is 107 Å². The smallest absolute Gasteiger partial charge is 0.255 e. The number of carbonyl (C=O) groups excluding carboxylic acids is 1. The van der Waals surface area contributed by atoms with Gasteiger partial charge in [0.25, 0.3) is 5.91 Å². The van der Waals surface area contributed by atoms with E-state index in [1.54, 1.807) is 19.2 Å². The monoisotopic (exact) mass is 252 g/mol. The third-order valence-corrected chi connectivity index (χ3v) is 2.63. The Morgan fingerprint density at radius 3 is 2.78 bits per heavy atom. The second kappa shape index (κ2) is 6.37. The van der Waals surface area contributed by atoms with Gasteiger partial charge in [0.1, 0.15) is 0 Å². The fourth-order valence-corrected chi connectivity index (χ4v) is 1.73. The molecule has 1 amide bonds. The molecule has 1 rings (SSSR count). The van der Waals surface area contributed by atoms with Crippen molar-refractivity contribution in [3.63, 3.8) is 0 Å². The lowest BCUT2D eigenvalue weighted by molar-refractivity contribution is 0.0380. The van der Waals surface area contributed by atoms with Crippen molar-refractivity contribution < 1.29 is 14.6 Å². The SMILES string of the molecule is COCC(O)CN(C)C(=O)c1ccc(C)cc1N. The minimum absolute atomic E-state index is 0.195. The molecule has 0 fully saturated rings. The van der Waals surface area contributed by atoms with Crippen molar-refractivity contribution in [3.8, 4) is 0 Å². The van der Waals surface area contributed by atoms with Crippen LogP contribution in [0.15, 0.2) is 18.2 Å². The van der Waals surface area contributed by atoms with Crippen LogP contribution in [0.5, 0.6) is 0 Å². The summed E-state index contributed by atoms with van der Waals surface area (Å²) in [6.07, 6.45) is -0.698. The highest BCUT2D eigenvalue weighted by atomic mass is 16.5. The number of ether oxygens (including phenoxy) is 1. The summed E-state index contributed by atoms with van der Waals surface area (Å²) in [5, 5.41) is 9.58. The van der Waals surface area contributed by atoms with Gasteiger partial charge in [-0.15, -0.1) is 0 Å². The molecule has 100 valence electrons. The summed E-state index contributed by atoms with van der Waals surface area (Å²) in [5.74, 6) is -0.206. The average Bonchev–Trinajstić information content (AvgIpc) is 2.28. The molecule has 5 nitrogen and oxygen atoms in total. The molecule has 0 radical (unpaired) electrons. The van der Waals surface area contributed by atoms with Crippen LogP contribution in [0.4, 0.5) is 5.69 Å². The first-order chi connectivity index (χ1) is 8.45.